The van der Waals surface area contributed by atoms with Crippen molar-refractivity contribution in [2.24, 2.45) is 0 Å². The van der Waals surface area contributed by atoms with Gasteiger partial charge in [0.2, 0.25) is 5.91 Å². The first-order chi connectivity index (χ1) is 13.9. The third-order valence-corrected chi connectivity index (χ3v) is 5.00. The van der Waals surface area contributed by atoms with Crippen LogP contribution in [-0.2, 0) is 16.1 Å². The maximum atomic E-state index is 13.0. The van der Waals surface area contributed by atoms with Gasteiger partial charge in [0, 0.05) is 23.6 Å². The highest BCUT2D eigenvalue weighted by molar-refractivity contribution is 6.35. The predicted molar refractivity (Wildman–Crippen MR) is 114 cm³/mol. The molecule has 2 aromatic rings. The summed E-state index contributed by atoms with van der Waals surface area (Å²) in [5.74, 6) is 0.354. The minimum atomic E-state index is -0.666. The van der Waals surface area contributed by atoms with Crippen LogP contribution < -0.4 is 14.8 Å². The monoisotopic (exact) mass is 438 g/mol. The summed E-state index contributed by atoms with van der Waals surface area (Å²) in [7, 11) is 3.06. The first kappa shape index (κ1) is 22.8. The SMILES string of the molecule is CC[C@H](C(=O)NC)N(Cc1ccc(Cl)cc1Cl)C(=O)COc1ccccc1OC. The maximum Gasteiger partial charge on any atom is 0.261 e. The number of halogens is 2. The average molecular weight is 439 g/mol. The summed E-state index contributed by atoms with van der Waals surface area (Å²) >= 11 is 12.2. The van der Waals surface area contributed by atoms with Crippen molar-refractivity contribution in [3.8, 4) is 11.5 Å². The van der Waals surface area contributed by atoms with Crippen LogP contribution in [0.15, 0.2) is 42.5 Å². The van der Waals surface area contributed by atoms with E-state index in [0.29, 0.717) is 33.5 Å². The quantitative estimate of drug-likeness (QED) is 0.643. The molecule has 8 heteroatoms. The number of hydrogen-bond donors (Lipinski definition) is 1. The Morgan fingerprint density at radius 2 is 1.83 bits per heavy atom. The van der Waals surface area contributed by atoms with Gasteiger partial charge in [0.1, 0.15) is 6.04 Å². The summed E-state index contributed by atoms with van der Waals surface area (Å²) < 4.78 is 10.9. The van der Waals surface area contributed by atoms with E-state index in [-0.39, 0.29) is 25.0 Å². The van der Waals surface area contributed by atoms with Crippen molar-refractivity contribution in [1.82, 2.24) is 10.2 Å². The van der Waals surface area contributed by atoms with Crippen molar-refractivity contribution in [1.29, 1.82) is 0 Å². The fourth-order valence-corrected chi connectivity index (χ4v) is 3.35. The molecule has 1 atom stereocenters. The predicted octanol–water partition coefficient (Wildman–Crippen LogP) is 3.93. The molecular formula is C21H24Cl2N2O4. The zero-order valence-electron chi connectivity index (χ0n) is 16.6. The molecule has 2 amide bonds. The molecule has 2 rings (SSSR count). The molecule has 0 aliphatic rings. The summed E-state index contributed by atoms with van der Waals surface area (Å²) in [5, 5.41) is 3.52. The smallest absolute Gasteiger partial charge is 0.261 e. The molecule has 0 radical (unpaired) electrons. The Bertz CT molecular complexity index is 860. The lowest BCUT2D eigenvalue weighted by molar-refractivity contribution is -0.142. The molecular weight excluding hydrogens is 415 g/mol. The highest BCUT2D eigenvalue weighted by atomic mass is 35.5. The molecule has 0 aliphatic carbocycles. The highest BCUT2D eigenvalue weighted by Gasteiger charge is 2.29. The maximum absolute atomic E-state index is 13.0. The first-order valence-electron chi connectivity index (χ1n) is 9.12. The standard InChI is InChI=1S/C21H24Cl2N2O4/c1-4-17(21(27)24-2)25(12-14-9-10-15(22)11-16(14)23)20(26)13-29-19-8-6-5-7-18(19)28-3/h5-11,17H,4,12-13H2,1-3H3,(H,24,27)/t17-/m1/s1. The van der Waals surface area contributed by atoms with Crippen LogP contribution in [0.3, 0.4) is 0 Å². The Morgan fingerprint density at radius 3 is 2.41 bits per heavy atom. The van der Waals surface area contributed by atoms with E-state index in [4.69, 9.17) is 32.7 Å². The molecule has 29 heavy (non-hydrogen) atoms. The molecule has 1 N–H and O–H groups in total. The van der Waals surface area contributed by atoms with Gasteiger partial charge in [0.15, 0.2) is 18.1 Å². The largest absolute Gasteiger partial charge is 0.493 e. The molecule has 0 unspecified atom stereocenters. The van der Waals surface area contributed by atoms with Crippen LogP contribution in [0.4, 0.5) is 0 Å². The number of nitrogens with one attached hydrogen (secondary N) is 1. The molecule has 0 heterocycles. The van der Waals surface area contributed by atoms with E-state index < -0.39 is 6.04 Å². The van der Waals surface area contributed by atoms with Crippen LogP contribution in [0.5, 0.6) is 11.5 Å². The van der Waals surface area contributed by atoms with Crippen LogP contribution in [0.1, 0.15) is 18.9 Å². The summed E-state index contributed by atoms with van der Waals surface area (Å²) in [5.41, 5.74) is 0.684. The Labute approximate surface area is 180 Å². The number of methoxy groups -OCH3 is 1. The van der Waals surface area contributed by atoms with E-state index in [0.717, 1.165) is 0 Å². The number of benzene rings is 2. The highest BCUT2D eigenvalue weighted by Crippen LogP contribution is 2.27. The van der Waals surface area contributed by atoms with Gasteiger partial charge >= 0.3 is 0 Å². The van der Waals surface area contributed by atoms with Crippen LogP contribution in [0, 0.1) is 0 Å². The van der Waals surface area contributed by atoms with Gasteiger partial charge in [-0.3, -0.25) is 9.59 Å². The topological polar surface area (TPSA) is 67.9 Å². The molecule has 0 spiro atoms. The fourth-order valence-electron chi connectivity index (χ4n) is 2.88. The van der Waals surface area contributed by atoms with Crippen molar-refractivity contribution in [2.45, 2.75) is 25.9 Å². The van der Waals surface area contributed by atoms with Gasteiger partial charge in [0.25, 0.3) is 5.91 Å². The second-order valence-corrected chi connectivity index (χ2v) is 7.08. The number of rotatable bonds is 9. The van der Waals surface area contributed by atoms with Gasteiger partial charge in [0.05, 0.1) is 7.11 Å². The second kappa shape index (κ2) is 10.9. The summed E-state index contributed by atoms with van der Waals surface area (Å²) in [6.07, 6.45) is 0.436. The number of para-hydroxylation sites is 2. The third-order valence-electron chi connectivity index (χ3n) is 4.41. The van der Waals surface area contributed by atoms with Gasteiger partial charge < -0.3 is 19.7 Å². The minimum absolute atomic E-state index is 0.149. The number of nitrogens with zero attached hydrogens (tertiary/aromatic N) is 1. The molecule has 0 aliphatic heterocycles. The van der Waals surface area contributed by atoms with Crippen LogP contribution in [0.2, 0.25) is 10.0 Å². The molecule has 0 fully saturated rings. The van der Waals surface area contributed by atoms with E-state index >= 15 is 0 Å². The number of hydrogen-bond acceptors (Lipinski definition) is 4. The lowest BCUT2D eigenvalue weighted by Crippen LogP contribution is -2.49. The Morgan fingerprint density at radius 1 is 1.14 bits per heavy atom. The van der Waals surface area contributed by atoms with E-state index in [9.17, 15) is 9.59 Å². The first-order valence-corrected chi connectivity index (χ1v) is 9.87. The van der Waals surface area contributed by atoms with Crippen molar-refractivity contribution in [3.63, 3.8) is 0 Å². The van der Waals surface area contributed by atoms with Crippen LogP contribution >= 0.6 is 23.2 Å². The Hall–Kier alpha value is -2.44. The van der Waals surface area contributed by atoms with Crippen molar-refractivity contribution < 1.29 is 19.1 Å². The molecule has 2 aromatic carbocycles. The Balaban J connectivity index is 2.25. The van der Waals surface area contributed by atoms with Crippen molar-refractivity contribution >= 4 is 35.0 Å². The molecule has 156 valence electrons. The van der Waals surface area contributed by atoms with E-state index in [1.807, 2.05) is 6.92 Å². The average Bonchev–Trinajstić information content (AvgIpc) is 2.73. The van der Waals surface area contributed by atoms with Gasteiger partial charge in [-0.1, -0.05) is 48.3 Å². The molecule has 0 saturated carbocycles. The van der Waals surface area contributed by atoms with Crippen LogP contribution in [-0.4, -0.2) is 43.5 Å². The van der Waals surface area contributed by atoms with E-state index in [1.165, 1.54) is 19.1 Å². The normalized spacial score (nSPS) is 11.5. The lowest BCUT2D eigenvalue weighted by Gasteiger charge is -2.30. The van der Waals surface area contributed by atoms with Crippen molar-refractivity contribution in [2.75, 3.05) is 20.8 Å². The summed E-state index contributed by atoms with van der Waals surface area (Å²) in [4.78, 5) is 26.9. The lowest BCUT2D eigenvalue weighted by atomic mass is 10.1. The molecule has 0 saturated heterocycles. The number of ether oxygens (including phenoxy) is 2. The molecule has 0 aromatic heterocycles. The van der Waals surface area contributed by atoms with Gasteiger partial charge in [-0.05, 0) is 36.2 Å². The minimum Gasteiger partial charge on any atom is -0.493 e. The van der Waals surface area contributed by atoms with Gasteiger partial charge in [-0.15, -0.1) is 0 Å². The molecule has 6 nitrogen and oxygen atoms in total. The van der Waals surface area contributed by atoms with Gasteiger partial charge in [-0.2, -0.15) is 0 Å². The third kappa shape index (κ3) is 6.02. The number of carbonyl (C=O) groups excluding carboxylic acids is 2. The van der Waals surface area contributed by atoms with Crippen LogP contribution in [0.25, 0.3) is 0 Å². The number of amides is 2. The zero-order valence-corrected chi connectivity index (χ0v) is 18.1. The zero-order chi connectivity index (χ0) is 21.4. The van der Waals surface area contributed by atoms with Crippen molar-refractivity contribution in [3.05, 3.63) is 58.1 Å². The van der Waals surface area contributed by atoms with Gasteiger partial charge in [-0.25, -0.2) is 0 Å². The van der Waals surface area contributed by atoms with E-state index in [1.54, 1.807) is 42.5 Å². The summed E-state index contributed by atoms with van der Waals surface area (Å²) in [6.45, 7) is 1.74. The number of likely N-dealkylation sites (N-methyl/N-ethyl adjacent to an activating group) is 1. The van der Waals surface area contributed by atoms with E-state index in [2.05, 4.69) is 5.32 Å². The summed E-state index contributed by atoms with van der Waals surface area (Å²) in [6, 6.07) is 11.4. The fraction of sp³-hybridized carbons (Fsp3) is 0.333. The second-order valence-electron chi connectivity index (χ2n) is 6.24. The number of carbonyl (C=O) groups is 2. The molecule has 0 bridgehead atoms. The Kier molecular flexibility index (Phi) is 8.61.